The van der Waals surface area contributed by atoms with Gasteiger partial charge in [-0.1, -0.05) is 41.1 Å². The van der Waals surface area contributed by atoms with Crippen molar-refractivity contribution in [3.05, 3.63) is 56.7 Å². The second-order valence-electron chi connectivity index (χ2n) is 5.14. The Balaban J connectivity index is 1.94. The monoisotopic (exact) mass is 351 g/mol. The highest BCUT2D eigenvalue weighted by atomic mass is 79.9. The molecule has 108 valence electrons. The summed E-state index contributed by atoms with van der Waals surface area (Å²) in [4.78, 5) is 0. The third kappa shape index (κ3) is 5.04. The van der Waals surface area contributed by atoms with Gasteiger partial charge >= 0.3 is 0 Å². The Morgan fingerprint density at radius 3 is 2.80 bits per heavy atom. The highest BCUT2D eigenvalue weighted by Gasteiger charge is 2.11. The van der Waals surface area contributed by atoms with E-state index >= 15 is 0 Å². The Hall–Kier alpha value is -0.640. The van der Waals surface area contributed by atoms with Gasteiger partial charge in [-0.05, 0) is 72.3 Å². The second-order valence-corrected chi connectivity index (χ2v) is 6.77. The maximum absolute atomic E-state index is 3.66. The molecule has 0 spiro atoms. The first kappa shape index (κ1) is 15.7. The molecule has 2 aromatic rings. The van der Waals surface area contributed by atoms with E-state index < -0.39 is 0 Å². The van der Waals surface area contributed by atoms with Crippen LogP contribution in [0.3, 0.4) is 0 Å². The SMILES string of the molecule is CCNCC(CCc1ccsc1)Cc1ccccc1Br. The molecule has 20 heavy (non-hydrogen) atoms. The summed E-state index contributed by atoms with van der Waals surface area (Å²) in [5, 5.41) is 7.94. The molecule has 0 aliphatic rings. The molecule has 0 fully saturated rings. The minimum Gasteiger partial charge on any atom is -0.317 e. The summed E-state index contributed by atoms with van der Waals surface area (Å²) < 4.78 is 1.23. The molecule has 1 atom stereocenters. The predicted octanol–water partition coefficient (Wildman–Crippen LogP) is 4.91. The summed E-state index contributed by atoms with van der Waals surface area (Å²) in [6.45, 7) is 4.32. The van der Waals surface area contributed by atoms with Gasteiger partial charge in [-0.15, -0.1) is 0 Å². The lowest BCUT2D eigenvalue weighted by Gasteiger charge is -2.18. The van der Waals surface area contributed by atoms with E-state index in [-0.39, 0.29) is 0 Å². The van der Waals surface area contributed by atoms with Crippen molar-refractivity contribution in [3.63, 3.8) is 0 Å². The van der Waals surface area contributed by atoms with Gasteiger partial charge in [-0.3, -0.25) is 0 Å². The second kappa shape index (κ2) is 8.60. The van der Waals surface area contributed by atoms with Crippen LogP contribution < -0.4 is 5.32 Å². The Kier molecular flexibility index (Phi) is 6.77. The third-order valence-corrected chi connectivity index (χ3v) is 5.08. The van der Waals surface area contributed by atoms with Crippen LogP contribution in [0.15, 0.2) is 45.6 Å². The van der Waals surface area contributed by atoms with Crippen LogP contribution in [0.1, 0.15) is 24.5 Å². The first-order valence-corrected chi connectivity index (χ1v) is 8.98. The molecule has 1 aromatic heterocycles. The van der Waals surface area contributed by atoms with Gasteiger partial charge in [0.2, 0.25) is 0 Å². The average molecular weight is 352 g/mol. The molecule has 0 aliphatic carbocycles. The molecular weight excluding hydrogens is 330 g/mol. The van der Waals surface area contributed by atoms with Crippen molar-refractivity contribution >= 4 is 27.3 Å². The number of halogens is 1. The molecule has 0 saturated carbocycles. The Bertz CT molecular complexity index is 495. The Labute approximate surface area is 134 Å². The Morgan fingerprint density at radius 2 is 2.10 bits per heavy atom. The zero-order valence-electron chi connectivity index (χ0n) is 11.9. The molecular formula is C17H22BrNS. The molecule has 0 radical (unpaired) electrons. The van der Waals surface area contributed by atoms with E-state index in [0.29, 0.717) is 5.92 Å². The zero-order chi connectivity index (χ0) is 14.2. The standard InChI is InChI=1S/C17H22BrNS/c1-2-19-12-15(8-7-14-9-10-20-13-14)11-16-5-3-4-6-17(16)18/h3-6,9-10,13,15,19H,2,7-8,11-12H2,1H3. The predicted molar refractivity (Wildman–Crippen MR) is 92.5 cm³/mol. The highest BCUT2D eigenvalue weighted by Crippen LogP contribution is 2.22. The van der Waals surface area contributed by atoms with Crippen LogP contribution in [0.2, 0.25) is 0 Å². The number of nitrogens with one attached hydrogen (secondary N) is 1. The molecule has 1 unspecified atom stereocenters. The quantitative estimate of drug-likeness (QED) is 0.712. The molecule has 0 bridgehead atoms. The molecule has 0 aliphatic heterocycles. The smallest absolute Gasteiger partial charge is 0.0207 e. The first-order valence-electron chi connectivity index (χ1n) is 7.24. The minimum absolute atomic E-state index is 0.688. The number of aryl methyl sites for hydroxylation is 1. The summed E-state index contributed by atoms with van der Waals surface area (Å²) in [7, 11) is 0. The molecule has 1 heterocycles. The lowest BCUT2D eigenvalue weighted by Crippen LogP contribution is -2.24. The topological polar surface area (TPSA) is 12.0 Å². The molecule has 3 heteroatoms. The normalized spacial score (nSPS) is 12.5. The van der Waals surface area contributed by atoms with Crippen LogP contribution in [-0.4, -0.2) is 13.1 Å². The van der Waals surface area contributed by atoms with E-state index in [4.69, 9.17) is 0 Å². The minimum atomic E-state index is 0.688. The largest absolute Gasteiger partial charge is 0.317 e. The van der Waals surface area contributed by atoms with E-state index in [1.165, 1.54) is 28.4 Å². The van der Waals surface area contributed by atoms with Gasteiger partial charge < -0.3 is 5.32 Å². The fourth-order valence-electron chi connectivity index (χ4n) is 2.41. The number of thiophene rings is 1. The lowest BCUT2D eigenvalue weighted by molar-refractivity contribution is 0.449. The van der Waals surface area contributed by atoms with Crippen molar-refractivity contribution in [2.45, 2.75) is 26.2 Å². The van der Waals surface area contributed by atoms with E-state index in [0.717, 1.165) is 19.5 Å². The van der Waals surface area contributed by atoms with E-state index in [9.17, 15) is 0 Å². The molecule has 0 saturated heterocycles. The van der Waals surface area contributed by atoms with Gasteiger partial charge in [0.1, 0.15) is 0 Å². The van der Waals surface area contributed by atoms with Gasteiger partial charge in [-0.25, -0.2) is 0 Å². The summed E-state index contributed by atoms with van der Waals surface area (Å²) in [5.74, 6) is 0.688. The van der Waals surface area contributed by atoms with Crippen LogP contribution in [0.5, 0.6) is 0 Å². The average Bonchev–Trinajstić information content (AvgIpc) is 2.97. The fourth-order valence-corrected chi connectivity index (χ4v) is 3.56. The number of rotatable bonds is 8. The van der Waals surface area contributed by atoms with Crippen molar-refractivity contribution in [2.24, 2.45) is 5.92 Å². The van der Waals surface area contributed by atoms with Crippen molar-refractivity contribution in [1.82, 2.24) is 5.32 Å². The number of benzene rings is 1. The Morgan fingerprint density at radius 1 is 1.25 bits per heavy atom. The summed E-state index contributed by atoms with van der Waals surface area (Å²) >= 11 is 5.46. The van der Waals surface area contributed by atoms with Crippen LogP contribution in [-0.2, 0) is 12.8 Å². The van der Waals surface area contributed by atoms with Crippen LogP contribution in [0.25, 0.3) is 0 Å². The van der Waals surface area contributed by atoms with Gasteiger partial charge in [0.25, 0.3) is 0 Å². The lowest BCUT2D eigenvalue weighted by atomic mass is 9.93. The highest BCUT2D eigenvalue weighted by molar-refractivity contribution is 9.10. The fraction of sp³-hybridized carbons (Fsp3) is 0.412. The molecule has 1 N–H and O–H groups in total. The van der Waals surface area contributed by atoms with Gasteiger partial charge in [-0.2, -0.15) is 11.3 Å². The van der Waals surface area contributed by atoms with Crippen molar-refractivity contribution in [1.29, 1.82) is 0 Å². The van der Waals surface area contributed by atoms with Gasteiger partial charge in [0.15, 0.2) is 0 Å². The van der Waals surface area contributed by atoms with E-state index in [1.54, 1.807) is 11.3 Å². The molecule has 0 amide bonds. The van der Waals surface area contributed by atoms with Crippen molar-refractivity contribution < 1.29 is 0 Å². The first-order chi connectivity index (χ1) is 9.79. The zero-order valence-corrected chi connectivity index (χ0v) is 14.3. The van der Waals surface area contributed by atoms with Crippen LogP contribution in [0, 0.1) is 5.92 Å². The summed E-state index contributed by atoms with van der Waals surface area (Å²) in [5.41, 5.74) is 2.89. The summed E-state index contributed by atoms with van der Waals surface area (Å²) in [6, 6.07) is 10.8. The van der Waals surface area contributed by atoms with E-state index in [2.05, 4.69) is 69.3 Å². The number of hydrogen-bond acceptors (Lipinski definition) is 2. The molecule has 1 nitrogen and oxygen atoms in total. The summed E-state index contributed by atoms with van der Waals surface area (Å²) in [6.07, 6.45) is 3.56. The van der Waals surface area contributed by atoms with Crippen LogP contribution >= 0.6 is 27.3 Å². The molecule has 2 rings (SSSR count). The maximum Gasteiger partial charge on any atom is 0.0207 e. The van der Waals surface area contributed by atoms with Crippen molar-refractivity contribution in [3.8, 4) is 0 Å². The van der Waals surface area contributed by atoms with Crippen molar-refractivity contribution in [2.75, 3.05) is 13.1 Å². The van der Waals surface area contributed by atoms with Crippen LogP contribution in [0.4, 0.5) is 0 Å². The van der Waals surface area contributed by atoms with Gasteiger partial charge in [0, 0.05) is 4.47 Å². The molecule has 1 aromatic carbocycles. The number of hydrogen-bond donors (Lipinski definition) is 1. The third-order valence-electron chi connectivity index (χ3n) is 3.57. The van der Waals surface area contributed by atoms with Gasteiger partial charge in [0.05, 0.1) is 0 Å². The maximum atomic E-state index is 3.66. The van der Waals surface area contributed by atoms with E-state index in [1.807, 2.05) is 0 Å².